The van der Waals surface area contributed by atoms with Crippen molar-refractivity contribution in [2.24, 2.45) is 0 Å². The molecule has 1 amide bonds. The highest BCUT2D eigenvalue weighted by Gasteiger charge is 2.65. The maximum Gasteiger partial charge on any atom is 0.310 e. The van der Waals surface area contributed by atoms with Crippen LogP contribution in [0.2, 0.25) is 0 Å². The van der Waals surface area contributed by atoms with E-state index < -0.39 is 21.0 Å². The molecular weight excluding hydrogens is 381 g/mol. The number of amides is 1. The van der Waals surface area contributed by atoms with Gasteiger partial charge in [0.2, 0.25) is 5.91 Å². The van der Waals surface area contributed by atoms with Crippen molar-refractivity contribution < 1.29 is 34.1 Å². The van der Waals surface area contributed by atoms with Crippen LogP contribution < -0.4 is 10.1 Å². The van der Waals surface area contributed by atoms with Gasteiger partial charge >= 0.3 is 10.2 Å². The second-order valence-corrected chi connectivity index (χ2v) is 7.66. The van der Waals surface area contributed by atoms with Gasteiger partial charge in [0.25, 0.3) is 0 Å². The Morgan fingerprint density at radius 1 is 1.08 bits per heavy atom. The molecule has 0 aliphatic rings. The molecule has 10 heteroatoms. The molecule has 2 N–H and O–H groups in total. The van der Waals surface area contributed by atoms with E-state index in [9.17, 15) is 29.3 Å². The highest BCUT2D eigenvalue weighted by molar-refractivity contribution is 8.45. The van der Waals surface area contributed by atoms with Crippen molar-refractivity contribution in [3.63, 3.8) is 0 Å². The van der Waals surface area contributed by atoms with E-state index >= 15 is 0 Å². The Labute approximate surface area is 145 Å². The van der Waals surface area contributed by atoms with E-state index in [4.69, 9.17) is 4.74 Å². The van der Waals surface area contributed by atoms with Crippen LogP contribution in [0.5, 0.6) is 11.5 Å². The fourth-order valence-corrected chi connectivity index (χ4v) is 2.60. The fourth-order valence-electron chi connectivity index (χ4n) is 1.95. The van der Waals surface area contributed by atoms with Crippen LogP contribution >= 0.6 is 10.2 Å². The van der Waals surface area contributed by atoms with Gasteiger partial charge in [-0.05, 0) is 48.0 Å². The molecule has 0 heterocycles. The van der Waals surface area contributed by atoms with E-state index in [-0.39, 0.29) is 29.3 Å². The van der Waals surface area contributed by atoms with Crippen LogP contribution in [0.3, 0.4) is 0 Å². The topological polar surface area (TPSA) is 58.6 Å². The van der Waals surface area contributed by atoms with Crippen molar-refractivity contribution in [3.8, 4) is 11.5 Å². The lowest BCUT2D eigenvalue weighted by Gasteiger charge is -2.40. The maximum absolute atomic E-state index is 12.6. The van der Waals surface area contributed by atoms with E-state index in [1.807, 2.05) is 0 Å². The smallest absolute Gasteiger partial charge is 0.310 e. The molecule has 0 fully saturated rings. The minimum Gasteiger partial charge on any atom is -0.504 e. The molecule has 4 nitrogen and oxygen atoms in total. The number of halogens is 5. The highest BCUT2D eigenvalue weighted by Crippen LogP contribution is 3.02. The Bertz CT molecular complexity index is 864. The average Bonchev–Trinajstić information content (AvgIpc) is 2.52. The van der Waals surface area contributed by atoms with Gasteiger partial charge in [-0.1, -0.05) is 25.5 Å². The monoisotopic (exact) mass is 395 g/mol. The normalized spacial score (nSPS) is 14.5. The molecule has 0 saturated heterocycles. The molecule has 0 saturated carbocycles. The Kier molecular flexibility index (Phi) is 4.45. The summed E-state index contributed by atoms with van der Waals surface area (Å²) < 4.78 is 68.0. The molecule has 26 heavy (non-hydrogen) atoms. The predicted octanol–water partition coefficient (Wildman–Crippen LogP) is 5.71. The third-order valence-electron chi connectivity index (χ3n) is 3.20. The molecule has 2 rings (SSSR count). The van der Waals surface area contributed by atoms with Crippen molar-refractivity contribution in [1.82, 2.24) is 0 Å². The zero-order valence-electron chi connectivity index (χ0n) is 13.3. The summed E-state index contributed by atoms with van der Waals surface area (Å²) in [4.78, 5) is 9.74. The molecule has 0 aromatic heterocycles. The van der Waals surface area contributed by atoms with Crippen LogP contribution in [0.1, 0.15) is 5.56 Å². The summed E-state index contributed by atoms with van der Waals surface area (Å²) in [6.07, 6.45) is 2.46. The minimum absolute atomic E-state index is 0.0754. The van der Waals surface area contributed by atoms with Crippen molar-refractivity contribution in [3.05, 3.63) is 54.1 Å². The molecule has 0 aliphatic carbocycles. The van der Waals surface area contributed by atoms with Gasteiger partial charge in [-0.15, -0.1) is 0 Å². The Hall–Kier alpha value is -2.75. The summed E-state index contributed by atoms with van der Waals surface area (Å²) in [6.45, 7) is 0. The molecule has 2 aromatic rings. The van der Waals surface area contributed by atoms with E-state index in [0.29, 0.717) is 5.56 Å². The number of carbonyl (C=O) groups excluding carboxylic acids is 1. The number of aromatic hydroxyl groups is 1. The van der Waals surface area contributed by atoms with Crippen molar-refractivity contribution in [2.75, 3.05) is 12.4 Å². The summed E-state index contributed by atoms with van der Waals surface area (Å²) in [5, 5.41) is 11.7. The number of rotatable bonds is 5. The van der Waals surface area contributed by atoms with Crippen molar-refractivity contribution in [1.29, 1.82) is 0 Å². The molecule has 0 unspecified atom stereocenters. The number of nitrogens with one attached hydrogen (secondary N) is 1. The number of methoxy groups -OCH3 is 1. The molecule has 0 spiro atoms. The first kappa shape index (κ1) is 19.6. The lowest BCUT2D eigenvalue weighted by molar-refractivity contribution is -0.111. The van der Waals surface area contributed by atoms with E-state index in [1.54, 1.807) is 0 Å². The summed E-state index contributed by atoms with van der Waals surface area (Å²) in [5.41, 5.74) is 0.444. The SMILES string of the molecule is COc1cc(/C=C/C(=O)Nc2ccc(S(F)(F)(F)(F)F)cc2)ccc1O. The van der Waals surface area contributed by atoms with Crippen LogP contribution in [0.15, 0.2) is 53.4 Å². The van der Waals surface area contributed by atoms with Gasteiger partial charge in [-0.2, -0.15) is 0 Å². The first-order chi connectivity index (χ1) is 11.8. The second kappa shape index (κ2) is 5.90. The van der Waals surface area contributed by atoms with E-state index in [0.717, 1.165) is 18.2 Å². The minimum atomic E-state index is -9.73. The standard InChI is InChI=1S/C16H14F5NO3S/c1-25-15-10-11(2-8-14(15)23)3-9-16(24)22-12-4-6-13(7-5-12)26(17,18,19,20)21/h2-10,23H,1H3,(H,22,24)/b9-3+. The third-order valence-corrected chi connectivity index (χ3v) is 4.36. The number of benzene rings is 2. The maximum atomic E-state index is 12.6. The van der Waals surface area contributed by atoms with Gasteiger partial charge in [0, 0.05) is 11.8 Å². The summed E-state index contributed by atoms with van der Waals surface area (Å²) in [6, 6.07) is 6.23. The summed E-state index contributed by atoms with van der Waals surface area (Å²) >= 11 is 0. The quantitative estimate of drug-likeness (QED) is 0.504. The zero-order valence-corrected chi connectivity index (χ0v) is 14.1. The first-order valence-electron chi connectivity index (χ1n) is 6.99. The molecule has 142 valence electrons. The van der Waals surface area contributed by atoms with Crippen LogP contribution in [-0.4, -0.2) is 18.1 Å². The van der Waals surface area contributed by atoms with Crippen LogP contribution in [0.25, 0.3) is 6.08 Å². The van der Waals surface area contributed by atoms with Crippen molar-refractivity contribution >= 4 is 27.9 Å². The Morgan fingerprint density at radius 3 is 2.23 bits per heavy atom. The van der Waals surface area contributed by atoms with Crippen LogP contribution in [0, 0.1) is 0 Å². The summed E-state index contributed by atoms with van der Waals surface area (Å²) in [7, 11) is -8.38. The highest BCUT2D eigenvalue weighted by atomic mass is 32.5. The number of hydrogen-bond acceptors (Lipinski definition) is 3. The lowest BCUT2D eigenvalue weighted by Crippen LogP contribution is -2.09. The molecule has 2 aromatic carbocycles. The number of anilines is 1. The fraction of sp³-hybridized carbons (Fsp3) is 0.0625. The Balaban J connectivity index is 2.09. The van der Waals surface area contributed by atoms with E-state index in [2.05, 4.69) is 5.32 Å². The number of carbonyl (C=O) groups is 1. The first-order valence-corrected chi connectivity index (χ1v) is 8.94. The molecule has 0 atom stereocenters. The predicted molar refractivity (Wildman–Crippen MR) is 90.2 cm³/mol. The van der Waals surface area contributed by atoms with Gasteiger partial charge in [-0.25, -0.2) is 0 Å². The van der Waals surface area contributed by atoms with E-state index in [1.165, 1.54) is 31.4 Å². The average molecular weight is 395 g/mol. The largest absolute Gasteiger partial charge is 0.504 e. The van der Waals surface area contributed by atoms with Crippen LogP contribution in [-0.2, 0) is 4.79 Å². The Morgan fingerprint density at radius 2 is 1.69 bits per heavy atom. The van der Waals surface area contributed by atoms with Gasteiger partial charge < -0.3 is 15.2 Å². The number of phenolic OH excluding ortho intramolecular Hbond substituents is 1. The summed E-state index contributed by atoms with van der Waals surface area (Å²) in [5.74, 6) is -0.575. The molecule has 0 bridgehead atoms. The molecular formula is C16H14F5NO3S. The number of ether oxygens (including phenoxy) is 1. The van der Waals surface area contributed by atoms with Crippen LogP contribution in [0.4, 0.5) is 25.1 Å². The molecule has 0 aliphatic heterocycles. The van der Waals surface area contributed by atoms with Gasteiger partial charge in [0.05, 0.1) is 7.11 Å². The van der Waals surface area contributed by atoms with Gasteiger partial charge in [0.1, 0.15) is 4.90 Å². The number of phenols is 1. The third kappa shape index (κ3) is 5.12. The zero-order chi connectivity index (χ0) is 19.7. The van der Waals surface area contributed by atoms with Gasteiger partial charge in [-0.3, -0.25) is 4.79 Å². The van der Waals surface area contributed by atoms with Crippen molar-refractivity contribution in [2.45, 2.75) is 4.90 Å². The number of hydrogen-bond donors (Lipinski definition) is 2. The van der Waals surface area contributed by atoms with Gasteiger partial charge in [0.15, 0.2) is 11.5 Å². The molecule has 0 radical (unpaired) electrons. The second-order valence-electron chi connectivity index (χ2n) is 5.25. The lowest BCUT2D eigenvalue weighted by atomic mass is 10.2.